The number of aryl methyl sites for hydroxylation is 1. The molecule has 1 aromatic heterocycles. The largest absolute Gasteiger partial charge is 0.482 e. The summed E-state index contributed by atoms with van der Waals surface area (Å²) in [6, 6.07) is 8.81. The molecule has 0 spiro atoms. The first kappa shape index (κ1) is 19.0. The Morgan fingerprint density at radius 3 is 2.52 bits per heavy atom. The Hall–Kier alpha value is -2.31. The molecule has 0 atom stereocenters. The normalized spacial score (nSPS) is 10.2. The summed E-state index contributed by atoms with van der Waals surface area (Å²) < 4.78 is 10.1. The molecule has 0 aliphatic rings. The highest BCUT2D eigenvalue weighted by molar-refractivity contribution is 6.36. The second-order valence-corrected chi connectivity index (χ2v) is 5.82. The van der Waals surface area contributed by atoms with Crippen LogP contribution in [0.25, 0.3) is 0 Å². The van der Waals surface area contributed by atoms with E-state index in [1.807, 2.05) is 19.1 Å². The van der Waals surface area contributed by atoms with Crippen molar-refractivity contribution in [2.24, 2.45) is 0 Å². The predicted molar refractivity (Wildman–Crippen MR) is 95.2 cm³/mol. The molecule has 0 aliphatic heterocycles. The van der Waals surface area contributed by atoms with Crippen LogP contribution in [0.15, 0.2) is 36.5 Å². The highest BCUT2D eigenvalue weighted by atomic mass is 35.5. The molecular formula is C17H16Cl2N2O4. The maximum atomic E-state index is 11.7. The number of esters is 1. The molecule has 0 radical (unpaired) electrons. The van der Waals surface area contributed by atoms with Crippen LogP contribution in [0.3, 0.4) is 0 Å². The van der Waals surface area contributed by atoms with Gasteiger partial charge in [0.1, 0.15) is 5.75 Å². The zero-order valence-corrected chi connectivity index (χ0v) is 14.9. The molecule has 6 nitrogen and oxygen atoms in total. The fourth-order valence-corrected chi connectivity index (χ4v) is 2.25. The number of benzene rings is 1. The number of nitrogens with one attached hydrogen (secondary N) is 1. The van der Waals surface area contributed by atoms with Gasteiger partial charge in [0, 0.05) is 6.20 Å². The molecule has 0 fully saturated rings. The topological polar surface area (TPSA) is 77.5 Å². The Morgan fingerprint density at radius 1 is 1.16 bits per heavy atom. The van der Waals surface area contributed by atoms with Gasteiger partial charge in [0.05, 0.1) is 10.0 Å². The summed E-state index contributed by atoms with van der Waals surface area (Å²) in [5, 5.41) is 2.95. The third-order valence-electron chi connectivity index (χ3n) is 3.12. The van der Waals surface area contributed by atoms with Crippen LogP contribution in [0, 0.1) is 0 Å². The smallest absolute Gasteiger partial charge is 0.344 e. The molecule has 1 aromatic carbocycles. The second kappa shape index (κ2) is 9.25. The van der Waals surface area contributed by atoms with Gasteiger partial charge in [-0.25, -0.2) is 9.78 Å². The van der Waals surface area contributed by atoms with Crippen LogP contribution in [0.2, 0.25) is 10.0 Å². The van der Waals surface area contributed by atoms with E-state index in [4.69, 9.17) is 32.7 Å². The molecule has 1 N–H and O–H groups in total. The summed E-state index contributed by atoms with van der Waals surface area (Å²) in [6.45, 7) is 1.28. The predicted octanol–water partition coefficient (Wildman–Crippen LogP) is 3.51. The number of nitrogens with zero attached hydrogens (tertiary/aromatic N) is 1. The van der Waals surface area contributed by atoms with Crippen LogP contribution in [0.1, 0.15) is 12.5 Å². The highest BCUT2D eigenvalue weighted by Crippen LogP contribution is 2.22. The molecule has 1 amide bonds. The van der Waals surface area contributed by atoms with Crippen molar-refractivity contribution >= 4 is 40.9 Å². The molecular weight excluding hydrogens is 367 g/mol. The van der Waals surface area contributed by atoms with Gasteiger partial charge < -0.3 is 14.8 Å². The summed E-state index contributed by atoms with van der Waals surface area (Å²) in [5.41, 5.74) is 1.17. The third-order valence-corrected chi connectivity index (χ3v) is 3.61. The Balaban J connectivity index is 1.74. The SMILES string of the molecule is CCc1ccc(OCC(=O)OCC(=O)Nc2ncc(Cl)cc2Cl)cc1. The number of hydrogen-bond acceptors (Lipinski definition) is 5. The average Bonchev–Trinajstić information content (AvgIpc) is 2.61. The van der Waals surface area contributed by atoms with Crippen molar-refractivity contribution in [2.45, 2.75) is 13.3 Å². The Labute approximate surface area is 155 Å². The minimum atomic E-state index is -0.662. The number of halogens is 2. The molecule has 25 heavy (non-hydrogen) atoms. The van der Waals surface area contributed by atoms with Crippen LogP contribution < -0.4 is 10.1 Å². The van der Waals surface area contributed by atoms with E-state index in [9.17, 15) is 9.59 Å². The number of anilines is 1. The van der Waals surface area contributed by atoms with Crippen molar-refractivity contribution in [3.63, 3.8) is 0 Å². The van der Waals surface area contributed by atoms with E-state index in [1.54, 1.807) is 12.1 Å². The Morgan fingerprint density at radius 2 is 1.88 bits per heavy atom. The number of aromatic nitrogens is 1. The van der Waals surface area contributed by atoms with E-state index in [0.717, 1.165) is 6.42 Å². The maximum absolute atomic E-state index is 11.7. The summed E-state index contributed by atoms with van der Waals surface area (Å²) >= 11 is 11.6. The zero-order valence-electron chi connectivity index (χ0n) is 13.4. The lowest BCUT2D eigenvalue weighted by Gasteiger charge is -2.08. The molecule has 2 rings (SSSR count). The lowest BCUT2D eigenvalue weighted by atomic mass is 10.2. The van der Waals surface area contributed by atoms with E-state index < -0.39 is 18.5 Å². The number of carbonyl (C=O) groups is 2. The Kier molecular flexibility index (Phi) is 7.03. The van der Waals surface area contributed by atoms with Crippen molar-refractivity contribution in [2.75, 3.05) is 18.5 Å². The minimum Gasteiger partial charge on any atom is -0.482 e. The fourth-order valence-electron chi connectivity index (χ4n) is 1.83. The van der Waals surface area contributed by atoms with Gasteiger partial charge in [-0.2, -0.15) is 0 Å². The highest BCUT2D eigenvalue weighted by Gasteiger charge is 2.11. The quantitative estimate of drug-likeness (QED) is 0.741. The van der Waals surface area contributed by atoms with Gasteiger partial charge in [-0.1, -0.05) is 42.3 Å². The molecule has 0 bridgehead atoms. The van der Waals surface area contributed by atoms with E-state index in [2.05, 4.69) is 10.3 Å². The summed E-state index contributed by atoms with van der Waals surface area (Å²) in [4.78, 5) is 27.2. The average molecular weight is 383 g/mol. The van der Waals surface area contributed by atoms with Crippen LogP contribution >= 0.6 is 23.2 Å². The second-order valence-electron chi connectivity index (χ2n) is 4.98. The lowest BCUT2D eigenvalue weighted by Crippen LogP contribution is -2.24. The van der Waals surface area contributed by atoms with E-state index in [1.165, 1.54) is 17.8 Å². The van der Waals surface area contributed by atoms with Crippen molar-refractivity contribution < 1.29 is 19.1 Å². The standard InChI is InChI=1S/C17H16Cl2N2O4/c1-2-11-3-5-13(6-4-11)24-10-16(23)25-9-15(22)21-17-14(19)7-12(18)8-20-17/h3-8H,2,9-10H2,1H3,(H,20,21,22). The molecule has 8 heteroatoms. The number of amides is 1. The molecule has 1 heterocycles. The van der Waals surface area contributed by atoms with Gasteiger partial charge in [0.15, 0.2) is 19.0 Å². The van der Waals surface area contributed by atoms with Crippen molar-refractivity contribution in [3.8, 4) is 5.75 Å². The molecule has 0 unspecified atom stereocenters. The molecule has 0 saturated heterocycles. The number of carbonyl (C=O) groups excluding carboxylic acids is 2. The first-order valence-electron chi connectivity index (χ1n) is 7.46. The van der Waals surface area contributed by atoms with Gasteiger partial charge >= 0.3 is 5.97 Å². The van der Waals surface area contributed by atoms with Crippen LogP contribution in [-0.2, 0) is 20.7 Å². The zero-order chi connectivity index (χ0) is 18.2. The molecule has 0 aliphatic carbocycles. The van der Waals surface area contributed by atoms with Crippen molar-refractivity contribution in [1.29, 1.82) is 0 Å². The van der Waals surface area contributed by atoms with Crippen molar-refractivity contribution in [1.82, 2.24) is 4.98 Å². The van der Waals surface area contributed by atoms with Gasteiger partial charge in [-0.15, -0.1) is 0 Å². The lowest BCUT2D eigenvalue weighted by molar-refractivity contribution is -0.149. The number of rotatable bonds is 7. The van der Waals surface area contributed by atoms with Gasteiger partial charge in [-0.3, -0.25) is 4.79 Å². The number of pyridine rings is 1. The van der Waals surface area contributed by atoms with Gasteiger partial charge in [0.2, 0.25) is 0 Å². The van der Waals surface area contributed by atoms with Crippen LogP contribution in [0.4, 0.5) is 5.82 Å². The monoisotopic (exact) mass is 382 g/mol. The maximum Gasteiger partial charge on any atom is 0.344 e. The first-order valence-corrected chi connectivity index (χ1v) is 8.21. The summed E-state index contributed by atoms with van der Waals surface area (Å²) in [6.07, 6.45) is 2.26. The first-order chi connectivity index (χ1) is 12.0. The fraction of sp³-hybridized carbons (Fsp3) is 0.235. The van der Waals surface area contributed by atoms with Gasteiger partial charge in [-0.05, 0) is 30.2 Å². The summed E-state index contributed by atoms with van der Waals surface area (Å²) in [5.74, 6) is -0.544. The van der Waals surface area contributed by atoms with E-state index in [0.29, 0.717) is 10.8 Å². The van der Waals surface area contributed by atoms with Gasteiger partial charge in [0.25, 0.3) is 5.91 Å². The minimum absolute atomic E-state index is 0.138. The Bertz CT molecular complexity index is 751. The molecule has 2 aromatic rings. The third kappa shape index (κ3) is 6.25. The van der Waals surface area contributed by atoms with Crippen molar-refractivity contribution in [3.05, 3.63) is 52.1 Å². The van der Waals surface area contributed by atoms with E-state index in [-0.39, 0.29) is 17.4 Å². The molecule has 132 valence electrons. The van der Waals surface area contributed by atoms with Crippen LogP contribution in [0.5, 0.6) is 5.75 Å². The number of hydrogen-bond donors (Lipinski definition) is 1. The summed E-state index contributed by atoms with van der Waals surface area (Å²) in [7, 11) is 0. The van der Waals surface area contributed by atoms with E-state index >= 15 is 0 Å². The van der Waals surface area contributed by atoms with Crippen LogP contribution in [-0.4, -0.2) is 30.1 Å². The molecule has 0 saturated carbocycles. The number of ether oxygens (including phenoxy) is 2.